The molecule has 2 rings (SSSR count). The van der Waals surface area contributed by atoms with Crippen molar-refractivity contribution in [2.45, 2.75) is 64.1 Å². The zero-order chi connectivity index (χ0) is 15.1. The van der Waals surface area contributed by atoms with Gasteiger partial charge in [-0.25, -0.2) is 0 Å². The molecule has 0 amide bonds. The van der Waals surface area contributed by atoms with Crippen LogP contribution in [0.25, 0.3) is 0 Å². The molecule has 1 aromatic rings. The van der Waals surface area contributed by atoms with Crippen LogP contribution in [0.15, 0.2) is 24.3 Å². The largest absolute Gasteiger partial charge is 0.496 e. The Bertz CT molecular complexity index is 413. The molecule has 0 saturated carbocycles. The number of ether oxygens (including phenoxy) is 1. The van der Waals surface area contributed by atoms with Crippen LogP contribution in [0.2, 0.25) is 0 Å². The number of hydrogen-bond donors (Lipinski definition) is 2. The third-order valence-electron chi connectivity index (χ3n) is 4.44. The molecule has 0 aromatic heterocycles. The molecule has 1 aliphatic heterocycles. The molecule has 1 aliphatic rings. The van der Waals surface area contributed by atoms with Crippen molar-refractivity contribution in [2.24, 2.45) is 0 Å². The van der Waals surface area contributed by atoms with E-state index >= 15 is 0 Å². The van der Waals surface area contributed by atoms with Crippen LogP contribution in [0.4, 0.5) is 0 Å². The normalized spacial score (nSPS) is 22.3. The SMILES string of the molecule is COc1ccccc1[C@@H](C)NC(C)CC1CCCCCN1. The van der Waals surface area contributed by atoms with Crippen LogP contribution in [0.1, 0.15) is 57.6 Å². The maximum Gasteiger partial charge on any atom is 0.123 e. The lowest BCUT2D eigenvalue weighted by Gasteiger charge is -2.25. The van der Waals surface area contributed by atoms with Gasteiger partial charge >= 0.3 is 0 Å². The summed E-state index contributed by atoms with van der Waals surface area (Å²) in [4.78, 5) is 0. The van der Waals surface area contributed by atoms with Crippen LogP contribution in [-0.4, -0.2) is 25.7 Å². The predicted molar refractivity (Wildman–Crippen MR) is 88.9 cm³/mol. The summed E-state index contributed by atoms with van der Waals surface area (Å²) < 4.78 is 5.46. The molecule has 0 aliphatic carbocycles. The number of hydrogen-bond acceptors (Lipinski definition) is 3. The van der Waals surface area contributed by atoms with Gasteiger partial charge in [0.1, 0.15) is 5.75 Å². The van der Waals surface area contributed by atoms with Crippen LogP contribution in [-0.2, 0) is 0 Å². The topological polar surface area (TPSA) is 33.3 Å². The second-order valence-corrected chi connectivity index (χ2v) is 6.27. The average molecular weight is 290 g/mol. The Balaban J connectivity index is 1.87. The van der Waals surface area contributed by atoms with Gasteiger partial charge in [-0.3, -0.25) is 0 Å². The molecule has 118 valence electrons. The minimum absolute atomic E-state index is 0.307. The fraction of sp³-hybridized carbons (Fsp3) is 0.667. The van der Waals surface area contributed by atoms with Crippen LogP contribution in [0, 0.1) is 0 Å². The van der Waals surface area contributed by atoms with Gasteiger partial charge in [-0.1, -0.05) is 31.0 Å². The summed E-state index contributed by atoms with van der Waals surface area (Å²) in [5.41, 5.74) is 1.24. The highest BCUT2D eigenvalue weighted by Crippen LogP contribution is 2.25. The molecule has 21 heavy (non-hydrogen) atoms. The van der Waals surface area contributed by atoms with Crippen molar-refractivity contribution in [2.75, 3.05) is 13.7 Å². The zero-order valence-corrected chi connectivity index (χ0v) is 13.7. The Labute approximate surface area is 129 Å². The van der Waals surface area contributed by atoms with Crippen molar-refractivity contribution in [3.05, 3.63) is 29.8 Å². The van der Waals surface area contributed by atoms with E-state index in [-0.39, 0.29) is 0 Å². The Morgan fingerprint density at radius 2 is 2.05 bits per heavy atom. The fourth-order valence-electron chi connectivity index (χ4n) is 3.34. The molecule has 1 aromatic carbocycles. The summed E-state index contributed by atoms with van der Waals surface area (Å²) in [7, 11) is 1.74. The summed E-state index contributed by atoms with van der Waals surface area (Å²) in [6.45, 7) is 5.69. The molecule has 3 atom stereocenters. The highest BCUT2D eigenvalue weighted by Gasteiger charge is 2.18. The van der Waals surface area contributed by atoms with Crippen molar-refractivity contribution in [1.29, 1.82) is 0 Å². The monoisotopic (exact) mass is 290 g/mol. The van der Waals surface area contributed by atoms with Crippen molar-refractivity contribution in [3.8, 4) is 5.75 Å². The van der Waals surface area contributed by atoms with E-state index in [1.165, 1.54) is 44.2 Å². The van der Waals surface area contributed by atoms with Gasteiger partial charge in [0.05, 0.1) is 7.11 Å². The standard InChI is InChI=1S/C18H30N2O/c1-14(13-16-9-5-4-8-12-19-16)20-15(2)17-10-6-7-11-18(17)21-3/h6-7,10-11,14-16,19-20H,4-5,8-9,12-13H2,1-3H3/t14?,15-,16?/m1/s1. The molecule has 2 N–H and O–H groups in total. The van der Waals surface area contributed by atoms with Crippen LogP contribution in [0.5, 0.6) is 5.75 Å². The average Bonchev–Trinajstić information content (AvgIpc) is 2.75. The maximum absolute atomic E-state index is 5.46. The lowest BCUT2D eigenvalue weighted by molar-refractivity contribution is 0.367. The third-order valence-corrected chi connectivity index (χ3v) is 4.44. The molecular weight excluding hydrogens is 260 g/mol. The molecule has 1 saturated heterocycles. The number of nitrogens with one attached hydrogen (secondary N) is 2. The molecule has 3 heteroatoms. The van der Waals surface area contributed by atoms with Crippen molar-refractivity contribution < 1.29 is 4.74 Å². The number of para-hydroxylation sites is 1. The number of methoxy groups -OCH3 is 1. The van der Waals surface area contributed by atoms with Crippen molar-refractivity contribution in [1.82, 2.24) is 10.6 Å². The first-order valence-electron chi connectivity index (χ1n) is 8.33. The van der Waals surface area contributed by atoms with E-state index in [0.29, 0.717) is 18.1 Å². The smallest absolute Gasteiger partial charge is 0.123 e. The summed E-state index contributed by atoms with van der Waals surface area (Å²) >= 11 is 0. The van der Waals surface area contributed by atoms with Gasteiger partial charge < -0.3 is 15.4 Å². The first-order chi connectivity index (χ1) is 10.2. The Hall–Kier alpha value is -1.06. The highest BCUT2D eigenvalue weighted by atomic mass is 16.5. The lowest BCUT2D eigenvalue weighted by Crippen LogP contribution is -2.37. The van der Waals surface area contributed by atoms with E-state index < -0.39 is 0 Å². The minimum atomic E-state index is 0.307. The fourth-order valence-corrected chi connectivity index (χ4v) is 3.34. The van der Waals surface area contributed by atoms with Gasteiger partial charge in [0, 0.05) is 23.7 Å². The minimum Gasteiger partial charge on any atom is -0.496 e. The zero-order valence-electron chi connectivity index (χ0n) is 13.7. The third kappa shape index (κ3) is 5.01. The van der Waals surface area contributed by atoms with Gasteiger partial charge in [-0.05, 0) is 45.7 Å². The second-order valence-electron chi connectivity index (χ2n) is 6.27. The van der Waals surface area contributed by atoms with Gasteiger partial charge in [-0.15, -0.1) is 0 Å². The Kier molecular flexibility index (Phi) is 6.52. The quantitative estimate of drug-likeness (QED) is 0.839. The van der Waals surface area contributed by atoms with Gasteiger partial charge in [0.15, 0.2) is 0 Å². The summed E-state index contributed by atoms with van der Waals surface area (Å²) in [6.07, 6.45) is 6.58. The molecule has 1 fully saturated rings. The molecular formula is C18H30N2O. The van der Waals surface area contributed by atoms with E-state index in [4.69, 9.17) is 4.74 Å². The van der Waals surface area contributed by atoms with Crippen LogP contribution < -0.4 is 15.4 Å². The van der Waals surface area contributed by atoms with Gasteiger partial charge in [0.25, 0.3) is 0 Å². The van der Waals surface area contributed by atoms with E-state index in [9.17, 15) is 0 Å². The summed E-state index contributed by atoms with van der Waals surface area (Å²) in [5.74, 6) is 0.970. The van der Waals surface area contributed by atoms with Crippen molar-refractivity contribution in [3.63, 3.8) is 0 Å². The summed E-state index contributed by atoms with van der Waals surface area (Å²) in [5, 5.41) is 7.40. The van der Waals surface area contributed by atoms with Gasteiger partial charge in [-0.2, -0.15) is 0 Å². The first kappa shape index (κ1) is 16.3. The van der Waals surface area contributed by atoms with Crippen LogP contribution in [0.3, 0.4) is 0 Å². The predicted octanol–water partition coefficient (Wildman–Crippen LogP) is 3.66. The van der Waals surface area contributed by atoms with E-state index in [1.54, 1.807) is 7.11 Å². The summed E-state index contributed by atoms with van der Waals surface area (Å²) in [6, 6.07) is 9.75. The first-order valence-corrected chi connectivity index (χ1v) is 8.33. The molecule has 2 unspecified atom stereocenters. The number of rotatable bonds is 6. The molecule has 0 radical (unpaired) electrons. The Morgan fingerprint density at radius 1 is 1.24 bits per heavy atom. The highest BCUT2D eigenvalue weighted by molar-refractivity contribution is 5.35. The molecule has 0 spiro atoms. The molecule has 0 bridgehead atoms. The second kappa shape index (κ2) is 8.40. The van der Waals surface area contributed by atoms with Gasteiger partial charge in [0.2, 0.25) is 0 Å². The van der Waals surface area contributed by atoms with E-state index in [0.717, 1.165) is 5.75 Å². The Morgan fingerprint density at radius 3 is 2.86 bits per heavy atom. The molecule has 1 heterocycles. The maximum atomic E-state index is 5.46. The lowest BCUT2D eigenvalue weighted by atomic mass is 10.0. The van der Waals surface area contributed by atoms with Crippen molar-refractivity contribution >= 4 is 0 Å². The van der Waals surface area contributed by atoms with Crippen LogP contribution >= 0.6 is 0 Å². The number of benzene rings is 1. The molecule has 3 nitrogen and oxygen atoms in total. The van der Waals surface area contributed by atoms with E-state index in [2.05, 4.69) is 36.6 Å². The van der Waals surface area contributed by atoms with E-state index in [1.807, 2.05) is 12.1 Å².